The molecule has 2 atom stereocenters. The maximum atomic E-state index is 11.9. The molecule has 6 nitrogen and oxygen atoms in total. The third-order valence-corrected chi connectivity index (χ3v) is 5.97. The topological polar surface area (TPSA) is 109 Å². The maximum Gasteiger partial charge on any atom is 0.237 e. The molecule has 0 radical (unpaired) electrons. The quantitative estimate of drug-likeness (QED) is 0.706. The number of rotatable bonds is 5. The van der Waals surface area contributed by atoms with Crippen molar-refractivity contribution in [1.29, 1.82) is 0 Å². The third kappa shape index (κ3) is 4.18. The third-order valence-electron chi connectivity index (χ3n) is 3.70. The summed E-state index contributed by atoms with van der Waals surface area (Å²) in [5.41, 5.74) is 6.65. The van der Waals surface area contributed by atoms with Gasteiger partial charge in [-0.3, -0.25) is 4.79 Å². The van der Waals surface area contributed by atoms with E-state index in [1.807, 2.05) is 0 Å². The average molecular weight is 312 g/mol. The molecule has 21 heavy (non-hydrogen) atoms. The van der Waals surface area contributed by atoms with Crippen LogP contribution in [0.2, 0.25) is 0 Å². The van der Waals surface area contributed by atoms with E-state index in [-0.39, 0.29) is 24.0 Å². The molecule has 1 aliphatic heterocycles. The van der Waals surface area contributed by atoms with Crippen LogP contribution in [0.5, 0.6) is 5.75 Å². The number of hydrogen-bond donors (Lipinski definition) is 3. The molecule has 1 aromatic carbocycles. The zero-order chi connectivity index (χ0) is 15.5. The van der Waals surface area contributed by atoms with Gasteiger partial charge in [0.1, 0.15) is 5.75 Å². The first-order valence-electron chi connectivity index (χ1n) is 6.91. The van der Waals surface area contributed by atoms with E-state index >= 15 is 0 Å². The SMILES string of the molecule is N[C@@H](Cc1ccc(O)cc1)C(=O)NCC1CCCS1(=O)=O. The van der Waals surface area contributed by atoms with Gasteiger partial charge in [-0.1, -0.05) is 12.1 Å². The van der Waals surface area contributed by atoms with Crippen LogP contribution in [0.25, 0.3) is 0 Å². The number of aromatic hydroxyl groups is 1. The number of sulfone groups is 1. The van der Waals surface area contributed by atoms with Crippen LogP contribution >= 0.6 is 0 Å². The van der Waals surface area contributed by atoms with Crippen LogP contribution in [0.4, 0.5) is 0 Å². The summed E-state index contributed by atoms with van der Waals surface area (Å²) < 4.78 is 23.3. The Bertz CT molecular complexity index is 598. The summed E-state index contributed by atoms with van der Waals surface area (Å²) in [4.78, 5) is 11.9. The lowest BCUT2D eigenvalue weighted by molar-refractivity contribution is -0.122. The van der Waals surface area contributed by atoms with Crippen molar-refractivity contribution in [3.05, 3.63) is 29.8 Å². The van der Waals surface area contributed by atoms with Gasteiger partial charge in [-0.05, 0) is 37.0 Å². The Hall–Kier alpha value is -1.60. The average Bonchev–Trinajstić information content (AvgIpc) is 2.77. The van der Waals surface area contributed by atoms with Crippen LogP contribution in [-0.4, -0.2) is 43.0 Å². The molecular weight excluding hydrogens is 292 g/mol. The number of nitrogens with one attached hydrogen (secondary N) is 1. The molecule has 1 aliphatic rings. The molecular formula is C14H20N2O4S. The minimum Gasteiger partial charge on any atom is -0.508 e. The van der Waals surface area contributed by atoms with Gasteiger partial charge in [-0.15, -0.1) is 0 Å². The first kappa shape index (κ1) is 15.8. The predicted molar refractivity (Wildman–Crippen MR) is 79.6 cm³/mol. The van der Waals surface area contributed by atoms with Crippen LogP contribution in [0, 0.1) is 0 Å². The first-order valence-corrected chi connectivity index (χ1v) is 8.63. The maximum absolute atomic E-state index is 11.9. The van der Waals surface area contributed by atoms with Crippen LogP contribution in [0.15, 0.2) is 24.3 Å². The predicted octanol–water partition coefficient (Wildman–Crippen LogP) is -0.0446. The summed E-state index contributed by atoms with van der Waals surface area (Å²) in [5, 5.41) is 11.3. The molecule has 1 amide bonds. The van der Waals surface area contributed by atoms with Gasteiger partial charge in [0.2, 0.25) is 5.91 Å². The molecule has 1 saturated heterocycles. The number of carbonyl (C=O) groups is 1. The summed E-state index contributed by atoms with van der Waals surface area (Å²) in [5.74, 6) is 0.000921. The molecule has 0 bridgehead atoms. The minimum atomic E-state index is -3.06. The number of phenolic OH excluding ortho intramolecular Hbond substituents is 1. The lowest BCUT2D eigenvalue weighted by atomic mass is 10.1. The van der Waals surface area contributed by atoms with Crippen molar-refractivity contribution in [3.63, 3.8) is 0 Å². The Kier molecular flexibility index (Phi) is 4.84. The van der Waals surface area contributed by atoms with Gasteiger partial charge in [0.05, 0.1) is 17.0 Å². The number of carbonyl (C=O) groups excluding carboxylic acids is 1. The van der Waals surface area contributed by atoms with Crippen molar-refractivity contribution < 1.29 is 18.3 Å². The Morgan fingerprint density at radius 3 is 2.62 bits per heavy atom. The molecule has 7 heteroatoms. The standard InChI is InChI=1S/C14H20N2O4S/c15-13(8-10-3-5-11(17)6-4-10)14(18)16-9-12-2-1-7-21(12,19)20/h3-6,12-13,17H,1-2,7-9,15H2,(H,16,18)/t12?,13-/m0/s1. The molecule has 1 aromatic rings. The zero-order valence-corrected chi connectivity index (χ0v) is 12.5. The van der Waals surface area contributed by atoms with Crippen molar-refractivity contribution in [1.82, 2.24) is 5.32 Å². The number of hydrogen-bond acceptors (Lipinski definition) is 5. The number of phenols is 1. The lowest BCUT2D eigenvalue weighted by Gasteiger charge is -2.15. The summed E-state index contributed by atoms with van der Waals surface area (Å²) >= 11 is 0. The van der Waals surface area contributed by atoms with Crippen LogP contribution in [-0.2, 0) is 21.1 Å². The summed E-state index contributed by atoms with van der Waals surface area (Å²) in [6.07, 6.45) is 1.59. The van der Waals surface area contributed by atoms with E-state index in [2.05, 4.69) is 5.32 Å². The molecule has 4 N–H and O–H groups in total. The minimum absolute atomic E-state index is 0.129. The van der Waals surface area contributed by atoms with E-state index in [9.17, 15) is 18.3 Å². The van der Waals surface area contributed by atoms with Gasteiger partial charge >= 0.3 is 0 Å². The molecule has 0 spiro atoms. The van der Waals surface area contributed by atoms with Crippen molar-refractivity contribution in [2.24, 2.45) is 5.73 Å². The summed E-state index contributed by atoms with van der Waals surface area (Å²) in [7, 11) is -3.06. The fourth-order valence-corrected chi connectivity index (χ4v) is 4.18. The summed E-state index contributed by atoms with van der Waals surface area (Å²) in [6.45, 7) is 0.129. The van der Waals surface area contributed by atoms with Gasteiger partial charge in [0.25, 0.3) is 0 Å². The highest BCUT2D eigenvalue weighted by Gasteiger charge is 2.31. The molecule has 1 heterocycles. The summed E-state index contributed by atoms with van der Waals surface area (Å²) in [6, 6.07) is 5.72. The van der Waals surface area contributed by atoms with E-state index in [0.29, 0.717) is 19.3 Å². The van der Waals surface area contributed by atoms with Gasteiger partial charge in [0, 0.05) is 6.54 Å². The van der Waals surface area contributed by atoms with E-state index < -0.39 is 21.1 Å². The normalized spacial score (nSPS) is 21.9. The number of benzene rings is 1. The first-order chi connectivity index (χ1) is 9.88. The van der Waals surface area contributed by atoms with E-state index in [0.717, 1.165) is 5.56 Å². The highest BCUT2D eigenvalue weighted by atomic mass is 32.2. The van der Waals surface area contributed by atoms with Gasteiger partial charge < -0.3 is 16.2 Å². The van der Waals surface area contributed by atoms with Crippen LogP contribution in [0.1, 0.15) is 18.4 Å². The van der Waals surface area contributed by atoms with Crippen LogP contribution < -0.4 is 11.1 Å². The van der Waals surface area contributed by atoms with Crippen LogP contribution in [0.3, 0.4) is 0 Å². The Morgan fingerprint density at radius 1 is 1.38 bits per heavy atom. The molecule has 0 aromatic heterocycles. The van der Waals surface area contributed by atoms with Crippen molar-refractivity contribution in [3.8, 4) is 5.75 Å². The Labute approximate surface area is 124 Å². The second-order valence-electron chi connectivity index (χ2n) is 5.35. The molecule has 116 valence electrons. The molecule has 1 unspecified atom stereocenters. The molecule has 0 aliphatic carbocycles. The van der Waals surface area contributed by atoms with Gasteiger partial charge in [-0.2, -0.15) is 0 Å². The van der Waals surface area contributed by atoms with Gasteiger partial charge in [0.15, 0.2) is 9.84 Å². The van der Waals surface area contributed by atoms with Crippen molar-refractivity contribution in [2.75, 3.05) is 12.3 Å². The fourth-order valence-electron chi connectivity index (χ4n) is 2.41. The lowest BCUT2D eigenvalue weighted by Crippen LogP contribution is -2.45. The van der Waals surface area contributed by atoms with Gasteiger partial charge in [-0.25, -0.2) is 8.42 Å². The zero-order valence-electron chi connectivity index (χ0n) is 11.7. The smallest absolute Gasteiger partial charge is 0.237 e. The Morgan fingerprint density at radius 2 is 2.05 bits per heavy atom. The van der Waals surface area contributed by atoms with Crippen molar-refractivity contribution in [2.45, 2.75) is 30.6 Å². The van der Waals surface area contributed by atoms with E-state index in [1.54, 1.807) is 12.1 Å². The second-order valence-corrected chi connectivity index (χ2v) is 7.75. The van der Waals surface area contributed by atoms with Crippen molar-refractivity contribution >= 4 is 15.7 Å². The van der Waals surface area contributed by atoms with E-state index in [4.69, 9.17) is 5.73 Å². The molecule has 1 fully saturated rings. The largest absolute Gasteiger partial charge is 0.508 e. The number of amides is 1. The molecule has 2 rings (SSSR count). The molecule has 0 saturated carbocycles. The highest BCUT2D eigenvalue weighted by Crippen LogP contribution is 2.19. The number of nitrogens with two attached hydrogens (primary N) is 1. The van der Waals surface area contributed by atoms with E-state index in [1.165, 1.54) is 12.1 Å². The monoisotopic (exact) mass is 312 g/mol. The second kappa shape index (κ2) is 6.44. The fraction of sp³-hybridized carbons (Fsp3) is 0.500. The Balaban J connectivity index is 1.84. The highest BCUT2D eigenvalue weighted by molar-refractivity contribution is 7.92.